The van der Waals surface area contributed by atoms with Gasteiger partial charge in [0.15, 0.2) is 0 Å². The molecule has 2 aromatic rings. The van der Waals surface area contributed by atoms with E-state index in [9.17, 15) is 4.79 Å². The zero-order chi connectivity index (χ0) is 14.7. The van der Waals surface area contributed by atoms with E-state index in [0.29, 0.717) is 12.2 Å². The average molecular weight is 272 g/mol. The number of nitrogens with one attached hydrogen (secondary N) is 1. The Morgan fingerprint density at radius 2 is 2.15 bits per heavy atom. The Labute approximate surface area is 118 Å². The molecule has 1 aromatic heterocycles. The summed E-state index contributed by atoms with van der Waals surface area (Å²) in [7, 11) is 1.82. The number of pyridine rings is 1. The molecule has 20 heavy (non-hydrogen) atoms. The molecular formula is C15H20N4O. The summed E-state index contributed by atoms with van der Waals surface area (Å²) in [5.74, 6) is 0.799. The number of hydrogen-bond donors (Lipinski definition) is 2. The van der Waals surface area contributed by atoms with E-state index in [1.54, 1.807) is 18.0 Å². The third-order valence-electron chi connectivity index (χ3n) is 3.25. The lowest BCUT2D eigenvalue weighted by atomic mass is 10.1. The molecule has 0 bridgehead atoms. The van der Waals surface area contributed by atoms with Gasteiger partial charge in [-0.3, -0.25) is 4.79 Å². The minimum Gasteiger partial charge on any atom is -0.398 e. The molecule has 0 saturated carbocycles. The molecule has 5 nitrogen and oxygen atoms in total. The van der Waals surface area contributed by atoms with Crippen LogP contribution in [0.1, 0.15) is 20.3 Å². The van der Waals surface area contributed by atoms with Crippen LogP contribution in [-0.2, 0) is 4.79 Å². The van der Waals surface area contributed by atoms with Crippen LogP contribution in [0.5, 0.6) is 0 Å². The molecule has 0 aliphatic heterocycles. The molecule has 3 N–H and O–H groups in total. The number of rotatable bonds is 4. The first-order chi connectivity index (χ1) is 9.56. The zero-order valence-electron chi connectivity index (χ0n) is 12.1. The zero-order valence-corrected chi connectivity index (χ0v) is 12.1. The maximum Gasteiger partial charge on any atom is 0.223 e. The van der Waals surface area contributed by atoms with Gasteiger partial charge in [-0.25, -0.2) is 4.98 Å². The summed E-state index contributed by atoms with van der Waals surface area (Å²) >= 11 is 0. The van der Waals surface area contributed by atoms with Crippen LogP contribution in [-0.4, -0.2) is 24.5 Å². The van der Waals surface area contributed by atoms with E-state index in [0.717, 1.165) is 28.7 Å². The minimum absolute atomic E-state index is 0.0218. The van der Waals surface area contributed by atoms with Crippen LogP contribution in [0, 0.1) is 0 Å². The fourth-order valence-electron chi connectivity index (χ4n) is 2.25. The van der Waals surface area contributed by atoms with E-state index >= 15 is 0 Å². The minimum atomic E-state index is 0.0218. The number of hydrogen-bond acceptors (Lipinski definition) is 4. The van der Waals surface area contributed by atoms with E-state index in [1.165, 1.54) is 0 Å². The summed E-state index contributed by atoms with van der Waals surface area (Å²) in [5.41, 5.74) is 7.55. The van der Waals surface area contributed by atoms with Crippen molar-refractivity contribution in [1.29, 1.82) is 0 Å². The smallest absolute Gasteiger partial charge is 0.223 e. The van der Waals surface area contributed by atoms with Crippen LogP contribution in [0.15, 0.2) is 24.4 Å². The van der Waals surface area contributed by atoms with Gasteiger partial charge in [0.05, 0.1) is 0 Å². The maximum atomic E-state index is 11.8. The second kappa shape index (κ2) is 5.77. The van der Waals surface area contributed by atoms with Gasteiger partial charge in [-0.15, -0.1) is 0 Å². The van der Waals surface area contributed by atoms with Crippen LogP contribution in [0.3, 0.4) is 0 Å². The molecule has 1 amide bonds. The Morgan fingerprint density at radius 1 is 1.40 bits per heavy atom. The van der Waals surface area contributed by atoms with Crippen LogP contribution >= 0.6 is 0 Å². The van der Waals surface area contributed by atoms with E-state index < -0.39 is 0 Å². The number of anilines is 3. The Morgan fingerprint density at radius 3 is 2.75 bits per heavy atom. The number of nitrogens with zero attached hydrogens (tertiary/aromatic N) is 2. The maximum absolute atomic E-state index is 11.8. The van der Waals surface area contributed by atoms with Crippen molar-refractivity contribution in [3.8, 4) is 0 Å². The van der Waals surface area contributed by atoms with Gasteiger partial charge in [-0.05, 0) is 30.0 Å². The lowest BCUT2D eigenvalue weighted by Gasteiger charge is -2.21. The molecular weight excluding hydrogens is 252 g/mol. The summed E-state index contributed by atoms with van der Waals surface area (Å²) in [4.78, 5) is 17.8. The first-order valence-corrected chi connectivity index (χ1v) is 6.72. The average Bonchev–Trinajstić information content (AvgIpc) is 2.43. The Bertz CT molecular complexity index is 639. The van der Waals surface area contributed by atoms with Crippen molar-refractivity contribution in [3.05, 3.63) is 24.4 Å². The Hall–Kier alpha value is -2.30. The highest BCUT2D eigenvalue weighted by atomic mass is 16.2. The quantitative estimate of drug-likeness (QED) is 0.839. The summed E-state index contributed by atoms with van der Waals surface area (Å²) < 4.78 is 0. The van der Waals surface area contributed by atoms with Gasteiger partial charge < -0.3 is 16.0 Å². The topological polar surface area (TPSA) is 71.2 Å². The predicted octanol–water partition coefficient (Wildman–Crippen LogP) is 2.62. The van der Waals surface area contributed by atoms with Crippen LogP contribution in [0.25, 0.3) is 10.8 Å². The SMILES string of the molecule is CCCN(C(C)=O)c1cc(N)c2cnc(NC)cc2c1. The normalized spacial score (nSPS) is 10.6. The Kier molecular flexibility index (Phi) is 4.08. The summed E-state index contributed by atoms with van der Waals surface area (Å²) in [6.45, 7) is 4.30. The summed E-state index contributed by atoms with van der Waals surface area (Å²) in [6, 6.07) is 5.74. The standard InChI is InChI=1S/C15H20N4O/c1-4-5-19(10(2)20)12-6-11-7-15(17-3)18-9-13(11)14(16)8-12/h6-9H,4-5,16H2,1-3H3,(H,17,18). The van der Waals surface area contributed by atoms with Crippen molar-refractivity contribution in [2.24, 2.45) is 0 Å². The molecule has 0 aliphatic carbocycles. The molecule has 1 heterocycles. The molecule has 1 aromatic carbocycles. The number of nitrogen functional groups attached to an aromatic ring is 1. The molecule has 0 saturated heterocycles. The van der Waals surface area contributed by atoms with Gasteiger partial charge in [0.2, 0.25) is 5.91 Å². The first-order valence-electron chi connectivity index (χ1n) is 6.72. The van der Waals surface area contributed by atoms with Crippen molar-refractivity contribution in [2.75, 3.05) is 29.5 Å². The van der Waals surface area contributed by atoms with Crippen molar-refractivity contribution in [1.82, 2.24) is 4.98 Å². The van der Waals surface area contributed by atoms with Crippen LogP contribution < -0.4 is 16.0 Å². The second-order valence-electron chi connectivity index (χ2n) is 4.75. The Balaban J connectivity index is 2.56. The molecule has 0 atom stereocenters. The number of amides is 1. The number of carbonyl (C=O) groups excluding carboxylic acids is 1. The lowest BCUT2D eigenvalue weighted by Crippen LogP contribution is -2.29. The number of carbonyl (C=O) groups is 1. The van der Waals surface area contributed by atoms with Crippen molar-refractivity contribution in [3.63, 3.8) is 0 Å². The number of fused-ring (bicyclic) bond motifs is 1. The molecule has 2 rings (SSSR count). The molecule has 106 valence electrons. The molecule has 0 radical (unpaired) electrons. The highest BCUT2D eigenvalue weighted by molar-refractivity contribution is 6.00. The van der Waals surface area contributed by atoms with E-state index in [1.807, 2.05) is 32.2 Å². The lowest BCUT2D eigenvalue weighted by molar-refractivity contribution is -0.116. The van der Waals surface area contributed by atoms with E-state index in [-0.39, 0.29) is 5.91 Å². The molecule has 5 heteroatoms. The van der Waals surface area contributed by atoms with Gasteiger partial charge in [0.25, 0.3) is 0 Å². The second-order valence-corrected chi connectivity index (χ2v) is 4.75. The van der Waals surface area contributed by atoms with Crippen LogP contribution in [0.4, 0.5) is 17.2 Å². The third-order valence-corrected chi connectivity index (χ3v) is 3.25. The van der Waals surface area contributed by atoms with Crippen molar-refractivity contribution in [2.45, 2.75) is 20.3 Å². The van der Waals surface area contributed by atoms with Crippen molar-refractivity contribution < 1.29 is 4.79 Å². The largest absolute Gasteiger partial charge is 0.398 e. The number of nitrogens with two attached hydrogens (primary N) is 1. The third kappa shape index (κ3) is 2.66. The van der Waals surface area contributed by atoms with Gasteiger partial charge in [-0.2, -0.15) is 0 Å². The van der Waals surface area contributed by atoms with Gasteiger partial charge in [-0.1, -0.05) is 6.92 Å². The fraction of sp³-hybridized carbons (Fsp3) is 0.333. The van der Waals surface area contributed by atoms with E-state index in [2.05, 4.69) is 10.3 Å². The van der Waals surface area contributed by atoms with E-state index in [4.69, 9.17) is 5.73 Å². The number of benzene rings is 1. The van der Waals surface area contributed by atoms with Gasteiger partial charge in [0.1, 0.15) is 5.82 Å². The molecule has 0 spiro atoms. The number of aromatic nitrogens is 1. The highest BCUT2D eigenvalue weighted by Gasteiger charge is 2.12. The fourth-order valence-corrected chi connectivity index (χ4v) is 2.25. The van der Waals surface area contributed by atoms with Gasteiger partial charge >= 0.3 is 0 Å². The summed E-state index contributed by atoms with van der Waals surface area (Å²) in [6.07, 6.45) is 2.65. The molecule has 0 unspecified atom stereocenters. The highest BCUT2D eigenvalue weighted by Crippen LogP contribution is 2.29. The van der Waals surface area contributed by atoms with Crippen molar-refractivity contribution >= 4 is 33.9 Å². The molecule has 0 fully saturated rings. The molecule has 0 aliphatic rings. The van der Waals surface area contributed by atoms with Gasteiger partial charge in [0, 0.05) is 43.5 Å². The summed E-state index contributed by atoms with van der Waals surface area (Å²) in [5, 5.41) is 4.87. The monoisotopic (exact) mass is 272 g/mol. The first kappa shape index (κ1) is 14.1. The predicted molar refractivity (Wildman–Crippen MR) is 84.0 cm³/mol. The van der Waals surface area contributed by atoms with Crippen LogP contribution in [0.2, 0.25) is 0 Å².